The number of sulfone groups is 1. The Morgan fingerprint density at radius 2 is 1.71 bits per heavy atom. The van der Waals surface area contributed by atoms with Crippen molar-refractivity contribution in [1.29, 1.82) is 0 Å². The van der Waals surface area contributed by atoms with Gasteiger partial charge in [0.15, 0.2) is 21.3 Å². The number of halogens is 1. The van der Waals surface area contributed by atoms with E-state index in [1.54, 1.807) is 43.0 Å². The van der Waals surface area contributed by atoms with Crippen molar-refractivity contribution in [2.24, 2.45) is 5.73 Å². The molecule has 12 nitrogen and oxygen atoms in total. The molecule has 0 radical (unpaired) electrons. The van der Waals surface area contributed by atoms with Gasteiger partial charge in [-0.2, -0.15) is 0 Å². The van der Waals surface area contributed by atoms with Crippen molar-refractivity contribution in [3.8, 4) is 11.5 Å². The van der Waals surface area contributed by atoms with E-state index in [-0.39, 0.29) is 22.3 Å². The van der Waals surface area contributed by atoms with E-state index in [1.165, 1.54) is 31.4 Å². The molecule has 4 N–H and O–H groups in total. The SMILES string of the molecule is CCOc1cc([C@H](Nc2ccc(F)c(C(N)=O)c2)C(=O)N2CCC[C@@H]2c2cc(NC(=O)OC)ccc2S(=O)(=O)C(C)C)ccc1OC(C)C. The van der Waals surface area contributed by atoms with Gasteiger partial charge >= 0.3 is 6.09 Å². The second kappa shape index (κ2) is 15.6. The maximum atomic E-state index is 14.7. The number of primary amides is 1. The molecule has 0 saturated carbocycles. The number of nitrogens with zero attached hydrogens (tertiary/aromatic N) is 1. The molecule has 0 bridgehead atoms. The van der Waals surface area contributed by atoms with E-state index in [0.29, 0.717) is 54.3 Å². The summed E-state index contributed by atoms with van der Waals surface area (Å²) in [6, 6.07) is 11.4. The van der Waals surface area contributed by atoms with Crippen molar-refractivity contribution in [2.45, 2.75) is 75.8 Å². The number of methoxy groups -OCH3 is 1. The summed E-state index contributed by atoms with van der Waals surface area (Å²) in [5.41, 5.74) is 6.41. The zero-order chi connectivity index (χ0) is 36.0. The second-order valence-electron chi connectivity index (χ2n) is 12.1. The number of ether oxygens (including phenoxy) is 3. The van der Waals surface area contributed by atoms with Crippen LogP contribution in [0.4, 0.5) is 20.6 Å². The summed E-state index contributed by atoms with van der Waals surface area (Å²) in [6.45, 7) is 9.32. The fourth-order valence-corrected chi connectivity index (χ4v) is 6.96. The van der Waals surface area contributed by atoms with Crippen LogP contribution in [0.15, 0.2) is 59.5 Å². The predicted octanol–water partition coefficient (Wildman–Crippen LogP) is 5.99. The minimum absolute atomic E-state index is 0.0468. The van der Waals surface area contributed by atoms with Gasteiger partial charge in [-0.25, -0.2) is 17.6 Å². The number of nitrogens with two attached hydrogens (primary N) is 1. The molecule has 1 aliphatic heterocycles. The van der Waals surface area contributed by atoms with Crippen molar-refractivity contribution in [2.75, 3.05) is 30.9 Å². The molecule has 3 aromatic carbocycles. The lowest BCUT2D eigenvalue weighted by atomic mass is 10.00. The average molecular weight is 699 g/mol. The van der Waals surface area contributed by atoms with E-state index < -0.39 is 50.9 Å². The van der Waals surface area contributed by atoms with Gasteiger partial charge in [0.05, 0.1) is 41.6 Å². The molecule has 49 heavy (non-hydrogen) atoms. The largest absolute Gasteiger partial charge is 0.490 e. The van der Waals surface area contributed by atoms with Crippen molar-refractivity contribution in [3.63, 3.8) is 0 Å². The summed E-state index contributed by atoms with van der Waals surface area (Å²) < 4.78 is 58.1. The normalized spacial score (nSPS) is 15.2. The Bertz CT molecular complexity index is 1810. The van der Waals surface area contributed by atoms with Crippen LogP contribution in [0.3, 0.4) is 0 Å². The fourth-order valence-electron chi connectivity index (χ4n) is 5.67. The first-order valence-electron chi connectivity index (χ1n) is 16.0. The molecule has 264 valence electrons. The zero-order valence-corrected chi connectivity index (χ0v) is 29.2. The molecule has 3 aromatic rings. The van der Waals surface area contributed by atoms with Gasteiger partial charge in [-0.05, 0) is 107 Å². The Labute approximate surface area is 286 Å². The summed E-state index contributed by atoms with van der Waals surface area (Å²) >= 11 is 0. The zero-order valence-electron chi connectivity index (χ0n) is 28.4. The first-order valence-corrected chi connectivity index (χ1v) is 17.5. The molecule has 4 rings (SSSR count). The number of benzene rings is 3. The maximum absolute atomic E-state index is 14.7. The van der Waals surface area contributed by atoms with Crippen LogP contribution >= 0.6 is 0 Å². The highest BCUT2D eigenvalue weighted by Gasteiger charge is 2.38. The van der Waals surface area contributed by atoms with Gasteiger partial charge in [0.25, 0.3) is 5.91 Å². The minimum Gasteiger partial charge on any atom is -0.490 e. The third-order valence-electron chi connectivity index (χ3n) is 8.02. The van der Waals surface area contributed by atoms with Gasteiger partial charge in [0.1, 0.15) is 11.9 Å². The van der Waals surface area contributed by atoms with Gasteiger partial charge in [-0.15, -0.1) is 0 Å². The van der Waals surface area contributed by atoms with E-state index in [9.17, 15) is 27.2 Å². The number of carbonyl (C=O) groups excluding carboxylic acids is 3. The van der Waals surface area contributed by atoms with E-state index >= 15 is 0 Å². The number of amides is 3. The summed E-state index contributed by atoms with van der Waals surface area (Å²) in [5, 5.41) is 4.97. The van der Waals surface area contributed by atoms with E-state index in [4.69, 9.17) is 19.9 Å². The number of nitrogens with one attached hydrogen (secondary N) is 2. The van der Waals surface area contributed by atoms with Gasteiger partial charge in [-0.3, -0.25) is 14.9 Å². The van der Waals surface area contributed by atoms with E-state index in [0.717, 1.165) is 6.07 Å². The molecule has 1 aliphatic rings. The average Bonchev–Trinajstić information content (AvgIpc) is 3.54. The summed E-state index contributed by atoms with van der Waals surface area (Å²) in [5.74, 6) is -1.34. The van der Waals surface area contributed by atoms with Gasteiger partial charge in [-0.1, -0.05) is 6.07 Å². The van der Waals surface area contributed by atoms with Crippen molar-refractivity contribution in [3.05, 3.63) is 77.1 Å². The summed E-state index contributed by atoms with van der Waals surface area (Å²) in [6.07, 6.45) is 0.109. The van der Waals surface area contributed by atoms with Crippen molar-refractivity contribution in [1.82, 2.24) is 4.90 Å². The molecular weight excluding hydrogens is 655 g/mol. The molecule has 0 unspecified atom stereocenters. The topological polar surface area (TPSA) is 166 Å². The van der Waals surface area contributed by atoms with Crippen LogP contribution < -0.4 is 25.8 Å². The molecule has 3 amide bonds. The summed E-state index contributed by atoms with van der Waals surface area (Å²) in [7, 11) is -2.60. The minimum atomic E-state index is -3.82. The van der Waals surface area contributed by atoms with Crippen LogP contribution in [-0.2, 0) is 19.4 Å². The number of anilines is 2. The summed E-state index contributed by atoms with van der Waals surface area (Å²) in [4.78, 5) is 40.4. The third kappa shape index (κ3) is 8.42. The molecule has 1 heterocycles. The standard InChI is InChI=1S/C35H43FN4O8S/c1-7-47-30-17-22(10-14-29(30)48-20(2)3)32(38-23-11-13-27(36)25(18-23)33(37)41)34(42)40-16-8-9-28(40)26-19-24(39-35(43)46-6)12-15-31(26)49(44,45)21(4)5/h10-15,17-21,28,32,38H,7-9,16H2,1-6H3,(H2,37,41)(H,39,43)/t28-,32+/m1/s1. The Balaban J connectivity index is 1.85. The lowest BCUT2D eigenvalue weighted by Crippen LogP contribution is -2.38. The highest BCUT2D eigenvalue weighted by molar-refractivity contribution is 7.92. The molecule has 0 spiro atoms. The van der Waals surface area contributed by atoms with Crippen LogP contribution in [-0.4, -0.2) is 62.8 Å². The number of likely N-dealkylation sites (tertiary alicyclic amines) is 1. The number of rotatable bonds is 13. The Morgan fingerprint density at radius 1 is 1.00 bits per heavy atom. The Hall–Kier alpha value is -4.85. The molecule has 0 aliphatic carbocycles. The highest BCUT2D eigenvalue weighted by atomic mass is 32.2. The first-order chi connectivity index (χ1) is 23.2. The quantitative estimate of drug-likeness (QED) is 0.194. The Kier molecular flexibility index (Phi) is 11.8. The molecule has 14 heteroatoms. The van der Waals surface area contributed by atoms with Crippen LogP contribution in [0, 0.1) is 5.82 Å². The van der Waals surface area contributed by atoms with Crippen molar-refractivity contribution >= 4 is 39.1 Å². The molecule has 1 fully saturated rings. The molecule has 0 aromatic heterocycles. The van der Waals surface area contributed by atoms with E-state index in [1.807, 2.05) is 20.8 Å². The van der Waals surface area contributed by atoms with Gasteiger partial charge < -0.3 is 30.2 Å². The molecular formula is C35H43FN4O8S. The van der Waals surface area contributed by atoms with Gasteiger partial charge in [0, 0.05) is 17.9 Å². The fraction of sp³-hybridized carbons (Fsp3) is 0.400. The molecule has 2 atom stereocenters. The van der Waals surface area contributed by atoms with Crippen LogP contribution in [0.1, 0.15) is 81.0 Å². The third-order valence-corrected chi connectivity index (χ3v) is 10.2. The Morgan fingerprint density at radius 3 is 2.35 bits per heavy atom. The van der Waals surface area contributed by atoms with Gasteiger partial charge in [0.2, 0.25) is 5.91 Å². The highest BCUT2D eigenvalue weighted by Crippen LogP contribution is 2.41. The number of hydrogen-bond acceptors (Lipinski definition) is 9. The maximum Gasteiger partial charge on any atom is 0.411 e. The predicted molar refractivity (Wildman–Crippen MR) is 183 cm³/mol. The lowest BCUT2D eigenvalue weighted by molar-refractivity contribution is -0.133. The van der Waals surface area contributed by atoms with Crippen LogP contribution in [0.2, 0.25) is 0 Å². The van der Waals surface area contributed by atoms with Crippen molar-refractivity contribution < 1.29 is 41.4 Å². The number of carbonyl (C=O) groups is 3. The van der Waals surface area contributed by atoms with Crippen LogP contribution in [0.25, 0.3) is 0 Å². The monoisotopic (exact) mass is 698 g/mol. The van der Waals surface area contributed by atoms with E-state index in [2.05, 4.69) is 10.6 Å². The van der Waals surface area contributed by atoms with Crippen LogP contribution in [0.5, 0.6) is 11.5 Å². The lowest BCUT2D eigenvalue weighted by Gasteiger charge is -2.32. The smallest absolute Gasteiger partial charge is 0.411 e. The first kappa shape index (κ1) is 37.0. The number of hydrogen-bond donors (Lipinski definition) is 3. The second-order valence-corrected chi connectivity index (χ2v) is 14.6. The molecule has 1 saturated heterocycles.